The second-order valence-electron chi connectivity index (χ2n) is 7.22. The Hall–Kier alpha value is -3.36. The average Bonchev–Trinajstić information content (AvgIpc) is 3.15. The number of halogens is 2. The highest BCUT2D eigenvalue weighted by molar-refractivity contribution is 6.42. The topological polar surface area (TPSA) is 87.7 Å². The Labute approximate surface area is 199 Å². The zero-order chi connectivity index (χ0) is 23.7. The molecule has 0 aliphatic heterocycles. The number of fused-ring (bicyclic) bond motifs is 1. The summed E-state index contributed by atoms with van der Waals surface area (Å²) in [5.74, 6) is -0.201. The van der Waals surface area contributed by atoms with Crippen molar-refractivity contribution in [3.63, 3.8) is 0 Å². The van der Waals surface area contributed by atoms with Gasteiger partial charge in [0, 0.05) is 11.9 Å². The summed E-state index contributed by atoms with van der Waals surface area (Å²) in [7, 11) is 0. The van der Waals surface area contributed by atoms with Crippen LogP contribution in [0.2, 0.25) is 10.0 Å². The van der Waals surface area contributed by atoms with Crippen LogP contribution in [-0.2, 0) is 9.53 Å². The van der Waals surface area contributed by atoms with Crippen molar-refractivity contribution in [3.8, 4) is 22.7 Å². The first kappa shape index (κ1) is 22.8. The number of ether oxygens (including phenoxy) is 2. The highest BCUT2D eigenvalue weighted by Crippen LogP contribution is 2.27. The van der Waals surface area contributed by atoms with Gasteiger partial charge in [0.15, 0.2) is 18.0 Å². The molecular formula is C23H20Cl2N4O4. The van der Waals surface area contributed by atoms with Crippen molar-refractivity contribution in [1.82, 2.24) is 19.2 Å². The van der Waals surface area contributed by atoms with Crippen LogP contribution in [0.3, 0.4) is 0 Å². The molecule has 0 spiro atoms. The zero-order valence-corrected chi connectivity index (χ0v) is 19.6. The molecule has 170 valence electrons. The number of aromatic nitrogens is 4. The molecule has 0 saturated carbocycles. The normalized spacial score (nSPS) is 11.1. The molecule has 8 nitrogen and oxygen atoms in total. The molecule has 10 heteroatoms. The summed E-state index contributed by atoms with van der Waals surface area (Å²) in [5.41, 5.74) is 2.82. The molecule has 0 bridgehead atoms. The lowest BCUT2D eigenvalue weighted by molar-refractivity contribution is -0.145. The van der Waals surface area contributed by atoms with Crippen LogP contribution in [-0.4, -0.2) is 38.3 Å². The predicted octanol–water partition coefficient (Wildman–Crippen LogP) is 4.41. The first-order valence-corrected chi connectivity index (χ1v) is 10.9. The summed E-state index contributed by atoms with van der Waals surface area (Å²) in [6.45, 7) is 5.30. The van der Waals surface area contributed by atoms with E-state index in [1.165, 1.54) is 4.40 Å². The van der Waals surface area contributed by atoms with Gasteiger partial charge in [-0.15, -0.1) is 0 Å². The summed E-state index contributed by atoms with van der Waals surface area (Å²) in [5, 5.41) is 5.47. The van der Waals surface area contributed by atoms with Gasteiger partial charge < -0.3 is 9.47 Å². The van der Waals surface area contributed by atoms with Crippen LogP contribution in [0, 0.1) is 13.8 Å². The van der Waals surface area contributed by atoms with E-state index >= 15 is 0 Å². The van der Waals surface area contributed by atoms with E-state index in [1.807, 2.05) is 6.92 Å². The maximum atomic E-state index is 13.4. The molecular weight excluding hydrogens is 467 g/mol. The quantitative estimate of drug-likeness (QED) is 0.375. The Bertz CT molecular complexity index is 1430. The molecule has 33 heavy (non-hydrogen) atoms. The van der Waals surface area contributed by atoms with Crippen LogP contribution < -0.4 is 10.3 Å². The van der Waals surface area contributed by atoms with Gasteiger partial charge in [-0.3, -0.25) is 9.20 Å². The molecule has 0 unspecified atom stereocenters. The van der Waals surface area contributed by atoms with Gasteiger partial charge in [0.2, 0.25) is 0 Å². The van der Waals surface area contributed by atoms with Crippen LogP contribution in [0.15, 0.2) is 47.4 Å². The summed E-state index contributed by atoms with van der Waals surface area (Å²) >= 11 is 12.2. The van der Waals surface area contributed by atoms with E-state index in [2.05, 4.69) is 10.1 Å². The highest BCUT2D eigenvalue weighted by Gasteiger charge is 2.19. The molecule has 0 aliphatic carbocycles. The minimum atomic E-state index is -0.501. The van der Waals surface area contributed by atoms with E-state index in [9.17, 15) is 9.59 Å². The van der Waals surface area contributed by atoms with E-state index in [-0.39, 0.29) is 18.8 Å². The molecule has 0 N–H and O–H groups in total. The summed E-state index contributed by atoms with van der Waals surface area (Å²) < 4.78 is 13.5. The van der Waals surface area contributed by atoms with E-state index < -0.39 is 5.97 Å². The second-order valence-corrected chi connectivity index (χ2v) is 8.03. The van der Waals surface area contributed by atoms with Crippen molar-refractivity contribution in [1.29, 1.82) is 0 Å². The van der Waals surface area contributed by atoms with Gasteiger partial charge in [-0.1, -0.05) is 23.2 Å². The van der Waals surface area contributed by atoms with Crippen LogP contribution >= 0.6 is 23.2 Å². The van der Waals surface area contributed by atoms with E-state index in [1.54, 1.807) is 61.1 Å². The Balaban J connectivity index is 1.77. The van der Waals surface area contributed by atoms with Crippen molar-refractivity contribution in [2.45, 2.75) is 20.8 Å². The van der Waals surface area contributed by atoms with Gasteiger partial charge in [-0.05, 0) is 57.2 Å². The van der Waals surface area contributed by atoms with Crippen LogP contribution in [0.4, 0.5) is 0 Å². The maximum Gasteiger partial charge on any atom is 0.344 e. The predicted molar refractivity (Wildman–Crippen MR) is 126 cm³/mol. The van der Waals surface area contributed by atoms with Crippen molar-refractivity contribution in [2.24, 2.45) is 0 Å². The van der Waals surface area contributed by atoms with Crippen molar-refractivity contribution in [3.05, 3.63) is 74.4 Å². The Kier molecular flexibility index (Phi) is 6.40. The first-order chi connectivity index (χ1) is 15.8. The number of benzene rings is 1. The highest BCUT2D eigenvalue weighted by atomic mass is 35.5. The third-order valence-electron chi connectivity index (χ3n) is 4.94. The van der Waals surface area contributed by atoms with Crippen molar-refractivity contribution >= 4 is 34.8 Å². The molecule has 0 saturated heterocycles. The van der Waals surface area contributed by atoms with E-state index in [0.29, 0.717) is 44.1 Å². The van der Waals surface area contributed by atoms with Gasteiger partial charge in [-0.25, -0.2) is 14.5 Å². The molecule has 4 aromatic rings. The fraction of sp³-hybridized carbons (Fsp3) is 0.217. The number of carbonyl (C=O) groups is 1. The first-order valence-electron chi connectivity index (χ1n) is 10.1. The molecule has 4 rings (SSSR count). The second kappa shape index (κ2) is 9.25. The van der Waals surface area contributed by atoms with Crippen LogP contribution in [0.25, 0.3) is 22.6 Å². The number of aryl methyl sites for hydroxylation is 2. The fourth-order valence-electron chi connectivity index (χ4n) is 3.46. The standard InChI is InChI=1S/C23H20Cl2N4O4/c1-4-32-20(30)12-33-19-6-5-9-28-22(19)26-14(3)21(23(28)31)18-10-13(2)29(27-18)15-7-8-16(24)17(25)11-15/h5-11H,4,12H2,1-3H3. The van der Waals surface area contributed by atoms with Crippen LogP contribution in [0.1, 0.15) is 18.3 Å². The molecule has 1 aromatic carbocycles. The number of carbonyl (C=O) groups excluding carboxylic acids is 1. The van der Waals surface area contributed by atoms with Crippen molar-refractivity contribution < 1.29 is 14.3 Å². The number of rotatable bonds is 6. The maximum absolute atomic E-state index is 13.4. The van der Waals surface area contributed by atoms with Gasteiger partial charge >= 0.3 is 5.97 Å². The minimum absolute atomic E-state index is 0.256. The minimum Gasteiger partial charge on any atom is -0.478 e. The number of hydrogen-bond acceptors (Lipinski definition) is 6. The van der Waals surface area contributed by atoms with Gasteiger partial charge in [-0.2, -0.15) is 5.10 Å². The molecule has 0 radical (unpaired) electrons. The number of pyridine rings is 1. The largest absolute Gasteiger partial charge is 0.478 e. The van der Waals surface area contributed by atoms with Gasteiger partial charge in [0.25, 0.3) is 5.56 Å². The smallest absolute Gasteiger partial charge is 0.344 e. The number of nitrogens with zero attached hydrogens (tertiary/aromatic N) is 4. The van der Waals surface area contributed by atoms with Crippen LogP contribution in [0.5, 0.6) is 5.75 Å². The lowest BCUT2D eigenvalue weighted by Gasteiger charge is -2.11. The van der Waals surface area contributed by atoms with E-state index in [4.69, 9.17) is 32.7 Å². The molecule has 3 aromatic heterocycles. The number of esters is 1. The van der Waals surface area contributed by atoms with E-state index in [0.717, 1.165) is 5.69 Å². The lowest BCUT2D eigenvalue weighted by atomic mass is 10.1. The summed E-state index contributed by atoms with van der Waals surface area (Å²) in [6.07, 6.45) is 1.59. The van der Waals surface area contributed by atoms with Gasteiger partial charge in [0.1, 0.15) is 5.69 Å². The monoisotopic (exact) mass is 486 g/mol. The molecule has 0 aliphatic rings. The Morgan fingerprint density at radius 1 is 1.12 bits per heavy atom. The third-order valence-corrected chi connectivity index (χ3v) is 5.68. The molecule has 0 fully saturated rings. The Morgan fingerprint density at radius 2 is 1.91 bits per heavy atom. The molecule has 0 amide bonds. The zero-order valence-electron chi connectivity index (χ0n) is 18.1. The molecule has 0 atom stereocenters. The number of hydrogen-bond donors (Lipinski definition) is 0. The SMILES string of the molecule is CCOC(=O)COc1cccn2c(=O)c(-c3cc(C)n(-c4ccc(Cl)c(Cl)c4)n3)c(C)nc12. The Morgan fingerprint density at radius 3 is 2.64 bits per heavy atom. The molecule has 3 heterocycles. The van der Waals surface area contributed by atoms with Gasteiger partial charge in [0.05, 0.1) is 33.6 Å². The average molecular weight is 487 g/mol. The lowest BCUT2D eigenvalue weighted by Crippen LogP contribution is -2.21. The summed E-state index contributed by atoms with van der Waals surface area (Å²) in [4.78, 5) is 29.6. The third kappa shape index (κ3) is 4.44. The fourth-order valence-corrected chi connectivity index (χ4v) is 3.76. The van der Waals surface area contributed by atoms with Crippen molar-refractivity contribution in [2.75, 3.05) is 13.2 Å². The summed E-state index contributed by atoms with van der Waals surface area (Å²) in [6, 6.07) is 10.3.